The van der Waals surface area contributed by atoms with Gasteiger partial charge in [-0.15, -0.1) is 0 Å². The first-order valence-electron chi connectivity index (χ1n) is 6.95. The van der Waals surface area contributed by atoms with Crippen molar-refractivity contribution < 1.29 is 14.4 Å². The van der Waals surface area contributed by atoms with E-state index in [-0.39, 0.29) is 17.1 Å². The SMILES string of the molecule is N#Cc1cc([N+](=O)[O-])cnc1NCc1cc(Cl)c2c(c1)OCCO2. The summed E-state index contributed by atoms with van der Waals surface area (Å²) < 4.78 is 11.0. The van der Waals surface area contributed by atoms with Gasteiger partial charge in [-0.3, -0.25) is 10.1 Å². The van der Waals surface area contributed by atoms with E-state index >= 15 is 0 Å². The minimum absolute atomic E-state index is 0.0906. The van der Waals surface area contributed by atoms with Crippen molar-refractivity contribution in [3.8, 4) is 17.6 Å². The third kappa shape index (κ3) is 3.16. The summed E-state index contributed by atoms with van der Waals surface area (Å²) in [5.41, 5.74) is 0.653. The highest BCUT2D eigenvalue weighted by Gasteiger charge is 2.17. The number of nitrogens with zero attached hydrogens (tertiary/aromatic N) is 3. The molecule has 1 aliphatic rings. The normalized spacial score (nSPS) is 12.3. The number of nitrogens with one attached hydrogen (secondary N) is 1. The fourth-order valence-corrected chi connectivity index (χ4v) is 2.52. The quantitative estimate of drug-likeness (QED) is 0.669. The number of hydrogen-bond donors (Lipinski definition) is 1. The molecule has 9 heteroatoms. The number of ether oxygens (including phenoxy) is 2. The lowest BCUT2D eigenvalue weighted by atomic mass is 10.2. The summed E-state index contributed by atoms with van der Waals surface area (Å²) in [5.74, 6) is 1.33. The van der Waals surface area contributed by atoms with E-state index in [0.717, 1.165) is 11.8 Å². The summed E-state index contributed by atoms with van der Waals surface area (Å²) in [5, 5.41) is 23.2. The zero-order valence-corrected chi connectivity index (χ0v) is 13.0. The van der Waals surface area contributed by atoms with Gasteiger partial charge in [0.1, 0.15) is 36.9 Å². The highest BCUT2D eigenvalue weighted by atomic mass is 35.5. The van der Waals surface area contributed by atoms with Crippen molar-refractivity contribution in [2.24, 2.45) is 0 Å². The van der Waals surface area contributed by atoms with Crippen LogP contribution in [0.1, 0.15) is 11.1 Å². The molecule has 0 bridgehead atoms. The van der Waals surface area contributed by atoms with Crippen molar-refractivity contribution in [2.45, 2.75) is 6.54 Å². The van der Waals surface area contributed by atoms with Gasteiger partial charge in [-0.1, -0.05) is 11.6 Å². The maximum Gasteiger partial charge on any atom is 0.289 e. The van der Waals surface area contributed by atoms with Crippen LogP contribution in [-0.2, 0) is 6.54 Å². The lowest BCUT2D eigenvalue weighted by molar-refractivity contribution is -0.385. The smallest absolute Gasteiger partial charge is 0.289 e. The largest absolute Gasteiger partial charge is 0.486 e. The highest BCUT2D eigenvalue weighted by Crippen LogP contribution is 2.38. The van der Waals surface area contributed by atoms with Crippen molar-refractivity contribution in [3.05, 3.63) is 50.7 Å². The van der Waals surface area contributed by atoms with Crippen molar-refractivity contribution in [2.75, 3.05) is 18.5 Å². The lowest BCUT2D eigenvalue weighted by Gasteiger charge is -2.20. The molecular weight excluding hydrogens is 336 g/mol. The van der Waals surface area contributed by atoms with Crippen LogP contribution >= 0.6 is 11.6 Å². The molecule has 2 heterocycles. The number of benzene rings is 1. The zero-order valence-electron chi connectivity index (χ0n) is 12.3. The van der Waals surface area contributed by atoms with Crippen LogP contribution in [0, 0.1) is 21.4 Å². The van der Waals surface area contributed by atoms with Crippen molar-refractivity contribution in [1.29, 1.82) is 5.26 Å². The van der Waals surface area contributed by atoms with Crippen LogP contribution in [0.25, 0.3) is 0 Å². The predicted octanol–water partition coefficient (Wildman–Crippen LogP) is 2.90. The van der Waals surface area contributed by atoms with Gasteiger partial charge in [-0.2, -0.15) is 5.26 Å². The predicted molar refractivity (Wildman–Crippen MR) is 85.4 cm³/mol. The second kappa shape index (κ2) is 6.60. The van der Waals surface area contributed by atoms with Crippen molar-refractivity contribution in [3.63, 3.8) is 0 Å². The van der Waals surface area contributed by atoms with Gasteiger partial charge in [0.05, 0.1) is 9.95 Å². The van der Waals surface area contributed by atoms with Crippen LogP contribution in [0.4, 0.5) is 11.5 Å². The molecule has 1 aliphatic heterocycles. The minimum Gasteiger partial charge on any atom is -0.486 e. The van der Waals surface area contributed by atoms with E-state index in [4.69, 9.17) is 26.3 Å². The molecule has 0 spiro atoms. The number of nitriles is 1. The Labute approximate surface area is 141 Å². The number of fused-ring (bicyclic) bond motifs is 1. The van der Waals surface area contributed by atoms with Gasteiger partial charge >= 0.3 is 0 Å². The molecule has 24 heavy (non-hydrogen) atoms. The molecule has 0 aliphatic carbocycles. The van der Waals surface area contributed by atoms with Gasteiger partial charge in [-0.05, 0) is 17.7 Å². The molecule has 0 unspecified atom stereocenters. The monoisotopic (exact) mass is 346 g/mol. The Bertz CT molecular complexity index is 850. The second-order valence-corrected chi connectivity index (χ2v) is 5.32. The number of halogens is 1. The van der Waals surface area contributed by atoms with Crippen molar-refractivity contribution >= 4 is 23.1 Å². The Morgan fingerprint density at radius 2 is 2.17 bits per heavy atom. The molecule has 122 valence electrons. The zero-order chi connectivity index (χ0) is 17.1. The molecule has 0 radical (unpaired) electrons. The summed E-state index contributed by atoms with van der Waals surface area (Å²) in [4.78, 5) is 14.1. The Morgan fingerprint density at radius 1 is 1.38 bits per heavy atom. The number of hydrogen-bond acceptors (Lipinski definition) is 7. The average molecular weight is 347 g/mol. The first kappa shape index (κ1) is 15.8. The number of rotatable bonds is 4. The molecule has 1 aromatic carbocycles. The van der Waals surface area contributed by atoms with E-state index in [0.29, 0.717) is 36.3 Å². The third-order valence-electron chi connectivity index (χ3n) is 3.32. The number of aromatic nitrogens is 1. The van der Waals surface area contributed by atoms with Gasteiger partial charge in [0.25, 0.3) is 5.69 Å². The molecule has 3 rings (SSSR count). The number of pyridine rings is 1. The van der Waals surface area contributed by atoms with Gasteiger partial charge in [0.2, 0.25) is 0 Å². The second-order valence-electron chi connectivity index (χ2n) is 4.91. The lowest BCUT2D eigenvalue weighted by Crippen LogP contribution is -2.16. The molecule has 1 N–H and O–H groups in total. The molecule has 0 saturated heterocycles. The molecule has 1 aromatic heterocycles. The Kier molecular flexibility index (Phi) is 4.35. The Balaban J connectivity index is 1.80. The van der Waals surface area contributed by atoms with E-state index < -0.39 is 4.92 Å². The van der Waals surface area contributed by atoms with E-state index in [1.165, 1.54) is 6.07 Å². The molecule has 2 aromatic rings. The third-order valence-corrected chi connectivity index (χ3v) is 3.60. The molecule has 0 atom stereocenters. The topological polar surface area (TPSA) is 110 Å². The molecule has 0 amide bonds. The van der Waals surface area contributed by atoms with E-state index in [9.17, 15) is 10.1 Å². The summed E-state index contributed by atoms with van der Waals surface area (Å²) >= 11 is 6.17. The fraction of sp³-hybridized carbons (Fsp3) is 0.200. The Morgan fingerprint density at radius 3 is 2.92 bits per heavy atom. The van der Waals surface area contributed by atoms with Crippen LogP contribution in [0.2, 0.25) is 5.02 Å². The first-order chi connectivity index (χ1) is 11.6. The van der Waals surface area contributed by atoms with E-state index in [1.807, 2.05) is 6.07 Å². The minimum atomic E-state index is -0.599. The number of anilines is 1. The van der Waals surface area contributed by atoms with E-state index in [1.54, 1.807) is 12.1 Å². The van der Waals surface area contributed by atoms with Crippen LogP contribution in [0.15, 0.2) is 24.4 Å². The van der Waals surface area contributed by atoms with E-state index in [2.05, 4.69) is 10.3 Å². The molecule has 0 fully saturated rings. The highest BCUT2D eigenvalue weighted by molar-refractivity contribution is 6.32. The van der Waals surface area contributed by atoms with Crippen LogP contribution in [0.5, 0.6) is 11.5 Å². The molecule has 8 nitrogen and oxygen atoms in total. The summed E-state index contributed by atoms with van der Waals surface area (Å²) in [6.07, 6.45) is 1.10. The van der Waals surface area contributed by atoms with Crippen LogP contribution in [-0.4, -0.2) is 23.1 Å². The van der Waals surface area contributed by atoms with Gasteiger partial charge in [0.15, 0.2) is 11.5 Å². The number of nitro groups is 1. The fourth-order valence-electron chi connectivity index (χ4n) is 2.23. The van der Waals surface area contributed by atoms with Gasteiger partial charge < -0.3 is 14.8 Å². The summed E-state index contributed by atoms with van der Waals surface area (Å²) in [6, 6.07) is 6.57. The molecular formula is C15H11ClN4O4. The Hall–Kier alpha value is -3.05. The van der Waals surface area contributed by atoms with Gasteiger partial charge in [-0.25, -0.2) is 4.98 Å². The summed E-state index contributed by atoms with van der Waals surface area (Å²) in [6.45, 7) is 1.21. The average Bonchev–Trinajstić information content (AvgIpc) is 2.59. The maximum absolute atomic E-state index is 10.7. The maximum atomic E-state index is 10.7. The molecule has 0 saturated carbocycles. The van der Waals surface area contributed by atoms with Crippen LogP contribution < -0.4 is 14.8 Å². The summed E-state index contributed by atoms with van der Waals surface area (Å²) in [7, 11) is 0. The van der Waals surface area contributed by atoms with Crippen molar-refractivity contribution in [1.82, 2.24) is 4.98 Å². The van der Waals surface area contributed by atoms with Gasteiger partial charge in [0, 0.05) is 12.6 Å². The standard InChI is InChI=1S/C15H11ClN4O4/c16-12-3-9(4-13-14(12)24-2-1-23-13)7-18-15-10(6-17)5-11(8-19-15)20(21)22/h3-5,8H,1-2,7H2,(H,18,19). The van der Waals surface area contributed by atoms with Crippen LogP contribution in [0.3, 0.4) is 0 Å². The first-order valence-corrected chi connectivity index (χ1v) is 7.32.